The Bertz CT molecular complexity index is 402. The standard InChI is InChI=1S/C12H18ClN3OS/c1-9(13)11(17)14-5-4-10-8-18-12(15-10)16-6-2-3-7-16/h8-9H,2-7H2,1H3,(H,14,17). The molecule has 1 fully saturated rings. The zero-order valence-electron chi connectivity index (χ0n) is 10.5. The number of halogens is 1. The maximum absolute atomic E-state index is 11.3. The quantitative estimate of drug-likeness (QED) is 0.843. The van der Waals surface area contributed by atoms with E-state index in [9.17, 15) is 4.79 Å². The molecule has 0 bridgehead atoms. The molecule has 1 amide bonds. The average molecular weight is 288 g/mol. The van der Waals surface area contributed by atoms with Gasteiger partial charge >= 0.3 is 0 Å². The van der Waals surface area contributed by atoms with Crippen molar-refractivity contribution in [1.29, 1.82) is 0 Å². The Hall–Kier alpha value is -0.810. The first kappa shape index (κ1) is 13.6. The fraction of sp³-hybridized carbons (Fsp3) is 0.667. The summed E-state index contributed by atoms with van der Waals surface area (Å²) in [5, 5.41) is 5.50. The van der Waals surface area contributed by atoms with Crippen LogP contribution >= 0.6 is 22.9 Å². The summed E-state index contributed by atoms with van der Waals surface area (Å²) >= 11 is 7.36. The van der Waals surface area contributed by atoms with E-state index in [1.807, 2.05) is 0 Å². The lowest BCUT2D eigenvalue weighted by atomic mass is 10.3. The first-order valence-corrected chi connectivity index (χ1v) is 7.59. The highest BCUT2D eigenvalue weighted by atomic mass is 35.5. The predicted molar refractivity (Wildman–Crippen MR) is 75.6 cm³/mol. The molecule has 18 heavy (non-hydrogen) atoms. The van der Waals surface area contributed by atoms with Crippen LogP contribution in [0.5, 0.6) is 0 Å². The number of nitrogens with one attached hydrogen (secondary N) is 1. The van der Waals surface area contributed by atoms with E-state index in [0.717, 1.165) is 30.3 Å². The first-order chi connectivity index (χ1) is 8.66. The van der Waals surface area contributed by atoms with Crippen molar-refractivity contribution >= 4 is 34.0 Å². The zero-order valence-corrected chi connectivity index (χ0v) is 12.1. The lowest BCUT2D eigenvalue weighted by molar-refractivity contribution is -0.120. The molecular formula is C12H18ClN3OS. The van der Waals surface area contributed by atoms with E-state index >= 15 is 0 Å². The molecule has 1 aliphatic heterocycles. The van der Waals surface area contributed by atoms with Gasteiger partial charge in [0.2, 0.25) is 5.91 Å². The Labute approximate surface area is 116 Å². The number of hydrogen-bond acceptors (Lipinski definition) is 4. The zero-order chi connectivity index (χ0) is 13.0. The number of hydrogen-bond donors (Lipinski definition) is 1. The second-order valence-electron chi connectivity index (χ2n) is 4.47. The maximum atomic E-state index is 11.3. The van der Waals surface area contributed by atoms with Gasteiger partial charge in [0.05, 0.1) is 5.69 Å². The van der Waals surface area contributed by atoms with E-state index < -0.39 is 5.38 Å². The van der Waals surface area contributed by atoms with Gasteiger partial charge in [-0.1, -0.05) is 0 Å². The average Bonchev–Trinajstić information content (AvgIpc) is 2.98. The van der Waals surface area contributed by atoms with E-state index in [1.54, 1.807) is 18.3 Å². The van der Waals surface area contributed by atoms with Crippen LogP contribution in [-0.2, 0) is 11.2 Å². The van der Waals surface area contributed by atoms with Crippen LogP contribution in [0.1, 0.15) is 25.5 Å². The minimum absolute atomic E-state index is 0.119. The van der Waals surface area contributed by atoms with Crippen LogP contribution in [0.15, 0.2) is 5.38 Å². The summed E-state index contributed by atoms with van der Waals surface area (Å²) in [4.78, 5) is 18.2. The molecule has 0 spiro atoms. The first-order valence-electron chi connectivity index (χ1n) is 6.28. The minimum Gasteiger partial charge on any atom is -0.354 e. The van der Waals surface area contributed by atoms with Gasteiger partial charge < -0.3 is 10.2 Å². The molecule has 1 saturated heterocycles. The van der Waals surface area contributed by atoms with Crippen molar-refractivity contribution in [3.63, 3.8) is 0 Å². The van der Waals surface area contributed by atoms with Crippen molar-refractivity contribution < 1.29 is 4.79 Å². The maximum Gasteiger partial charge on any atom is 0.237 e. The summed E-state index contributed by atoms with van der Waals surface area (Å²) in [6.07, 6.45) is 3.29. The van der Waals surface area contributed by atoms with Gasteiger partial charge in [-0.2, -0.15) is 0 Å². The van der Waals surface area contributed by atoms with Crippen LogP contribution in [0, 0.1) is 0 Å². The molecular weight excluding hydrogens is 270 g/mol. The molecule has 1 aromatic heterocycles. The monoisotopic (exact) mass is 287 g/mol. The molecule has 0 aliphatic carbocycles. The lowest BCUT2D eigenvalue weighted by Crippen LogP contribution is -2.31. The molecule has 100 valence electrons. The van der Waals surface area contributed by atoms with Crippen LogP contribution in [0.2, 0.25) is 0 Å². The number of alkyl halides is 1. The molecule has 0 saturated carbocycles. The van der Waals surface area contributed by atoms with Crippen molar-refractivity contribution in [2.45, 2.75) is 31.6 Å². The Kier molecular flexibility index (Phi) is 4.83. The summed E-state index contributed by atoms with van der Waals surface area (Å²) in [6, 6.07) is 0. The third-order valence-corrected chi connectivity index (χ3v) is 4.11. The number of aromatic nitrogens is 1. The largest absolute Gasteiger partial charge is 0.354 e. The van der Waals surface area contributed by atoms with Gasteiger partial charge in [0.1, 0.15) is 5.38 Å². The van der Waals surface area contributed by atoms with E-state index in [4.69, 9.17) is 11.6 Å². The molecule has 1 N–H and O–H groups in total. The van der Waals surface area contributed by atoms with Crippen LogP contribution in [-0.4, -0.2) is 35.9 Å². The normalized spacial score (nSPS) is 16.9. The highest BCUT2D eigenvalue weighted by molar-refractivity contribution is 7.13. The van der Waals surface area contributed by atoms with Crippen molar-refractivity contribution in [1.82, 2.24) is 10.3 Å². The van der Waals surface area contributed by atoms with Gasteiger partial charge in [-0.3, -0.25) is 4.79 Å². The highest BCUT2D eigenvalue weighted by Crippen LogP contribution is 2.24. The van der Waals surface area contributed by atoms with Gasteiger partial charge in [-0.25, -0.2) is 4.98 Å². The fourth-order valence-corrected chi connectivity index (χ4v) is 2.91. The van der Waals surface area contributed by atoms with Crippen LogP contribution < -0.4 is 10.2 Å². The number of rotatable bonds is 5. The van der Waals surface area contributed by atoms with Crippen molar-refractivity contribution in [3.05, 3.63) is 11.1 Å². The number of carbonyl (C=O) groups is 1. The Morgan fingerprint density at radius 1 is 1.61 bits per heavy atom. The molecule has 4 nitrogen and oxygen atoms in total. The number of thiazole rings is 1. The SMILES string of the molecule is CC(Cl)C(=O)NCCc1csc(N2CCCC2)n1. The summed E-state index contributed by atoms with van der Waals surface area (Å²) in [6.45, 7) is 4.51. The van der Waals surface area contributed by atoms with E-state index in [2.05, 4.69) is 20.6 Å². The fourth-order valence-electron chi connectivity index (χ4n) is 1.92. The number of carbonyl (C=O) groups excluding carboxylic acids is 1. The molecule has 2 heterocycles. The van der Waals surface area contributed by atoms with Gasteiger partial charge in [0.25, 0.3) is 0 Å². The molecule has 1 aliphatic rings. The third kappa shape index (κ3) is 3.59. The van der Waals surface area contributed by atoms with E-state index in [-0.39, 0.29) is 5.91 Å². The molecule has 6 heteroatoms. The smallest absolute Gasteiger partial charge is 0.237 e. The highest BCUT2D eigenvalue weighted by Gasteiger charge is 2.15. The molecule has 0 aromatic carbocycles. The van der Waals surface area contributed by atoms with Crippen LogP contribution in [0.4, 0.5) is 5.13 Å². The topological polar surface area (TPSA) is 45.2 Å². The van der Waals surface area contributed by atoms with Crippen LogP contribution in [0.25, 0.3) is 0 Å². The Morgan fingerprint density at radius 3 is 3.00 bits per heavy atom. The Balaban J connectivity index is 1.78. The van der Waals surface area contributed by atoms with Crippen molar-refractivity contribution in [2.75, 3.05) is 24.5 Å². The molecule has 1 atom stereocenters. The van der Waals surface area contributed by atoms with E-state index in [0.29, 0.717) is 6.54 Å². The van der Waals surface area contributed by atoms with E-state index in [1.165, 1.54) is 12.8 Å². The number of anilines is 1. The van der Waals surface area contributed by atoms with Crippen molar-refractivity contribution in [2.24, 2.45) is 0 Å². The molecule has 0 radical (unpaired) electrons. The van der Waals surface area contributed by atoms with Gasteiger partial charge in [-0.15, -0.1) is 22.9 Å². The Morgan fingerprint density at radius 2 is 2.33 bits per heavy atom. The number of amides is 1. The predicted octanol–water partition coefficient (Wildman–Crippen LogP) is 2.03. The second-order valence-corrected chi connectivity index (χ2v) is 5.96. The third-order valence-electron chi connectivity index (χ3n) is 2.96. The molecule has 1 aromatic rings. The van der Waals surface area contributed by atoms with Crippen molar-refractivity contribution in [3.8, 4) is 0 Å². The van der Waals surface area contributed by atoms with Gasteiger partial charge in [0, 0.05) is 31.4 Å². The van der Waals surface area contributed by atoms with Crippen LogP contribution in [0.3, 0.4) is 0 Å². The summed E-state index contributed by atoms with van der Waals surface area (Å²) in [5.74, 6) is -0.119. The van der Waals surface area contributed by atoms with Gasteiger partial charge in [-0.05, 0) is 19.8 Å². The molecule has 2 rings (SSSR count). The second kappa shape index (κ2) is 6.38. The summed E-state index contributed by atoms with van der Waals surface area (Å²) in [7, 11) is 0. The lowest BCUT2D eigenvalue weighted by Gasteiger charge is -2.12. The minimum atomic E-state index is -0.472. The molecule has 1 unspecified atom stereocenters. The summed E-state index contributed by atoms with van der Waals surface area (Å²) < 4.78 is 0. The summed E-state index contributed by atoms with van der Waals surface area (Å²) in [5.41, 5.74) is 1.05. The number of nitrogens with zero attached hydrogens (tertiary/aromatic N) is 2. The van der Waals surface area contributed by atoms with Gasteiger partial charge in [0.15, 0.2) is 5.13 Å².